The third kappa shape index (κ3) is 2.87. The molecule has 74 valence electrons. The van der Waals surface area contributed by atoms with Crippen LogP contribution in [0.5, 0.6) is 0 Å². The fraction of sp³-hybridized carbons (Fsp3) is 0.727. The van der Waals surface area contributed by atoms with Crippen LogP contribution in [0.15, 0.2) is 16.9 Å². The highest BCUT2D eigenvalue weighted by atomic mass is 16.3. The Bertz CT molecular complexity index is 218. The van der Waals surface area contributed by atoms with Gasteiger partial charge in [-0.1, -0.05) is 27.7 Å². The van der Waals surface area contributed by atoms with Crippen molar-refractivity contribution in [3.8, 4) is 0 Å². The van der Waals surface area contributed by atoms with Gasteiger partial charge in [0.2, 0.25) is 0 Å². The average Bonchev–Trinajstić information content (AvgIpc) is 2.50. The SMILES string of the molecule is CC(C)C(Cc1ncco1)C(C)C. The van der Waals surface area contributed by atoms with Crippen molar-refractivity contribution in [2.75, 3.05) is 0 Å². The van der Waals surface area contributed by atoms with Crippen LogP contribution in [0, 0.1) is 17.8 Å². The van der Waals surface area contributed by atoms with Crippen LogP contribution in [0.3, 0.4) is 0 Å². The summed E-state index contributed by atoms with van der Waals surface area (Å²) in [4.78, 5) is 4.15. The average molecular weight is 181 g/mol. The van der Waals surface area contributed by atoms with Gasteiger partial charge in [-0.3, -0.25) is 0 Å². The van der Waals surface area contributed by atoms with Crippen molar-refractivity contribution in [3.63, 3.8) is 0 Å². The lowest BCUT2D eigenvalue weighted by Gasteiger charge is -2.23. The second-order valence-electron chi connectivity index (χ2n) is 4.28. The molecule has 0 radical (unpaired) electrons. The van der Waals surface area contributed by atoms with Crippen LogP contribution in [0.4, 0.5) is 0 Å². The first-order valence-corrected chi connectivity index (χ1v) is 4.99. The number of hydrogen-bond acceptors (Lipinski definition) is 2. The molecule has 0 atom stereocenters. The second kappa shape index (κ2) is 4.45. The summed E-state index contributed by atoms with van der Waals surface area (Å²) in [5.74, 6) is 2.91. The van der Waals surface area contributed by atoms with E-state index in [-0.39, 0.29) is 0 Å². The minimum Gasteiger partial charge on any atom is -0.449 e. The van der Waals surface area contributed by atoms with Crippen LogP contribution in [0.25, 0.3) is 0 Å². The standard InChI is InChI=1S/C11H19NO/c1-8(2)10(9(3)4)7-11-12-5-6-13-11/h5-6,8-10H,7H2,1-4H3. The molecule has 1 heterocycles. The van der Waals surface area contributed by atoms with Crippen molar-refractivity contribution >= 4 is 0 Å². The lowest BCUT2D eigenvalue weighted by molar-refractivity contribution is 0.265. The Morgan fingerprint density at radius 2 is 1.85 bits per heavy atom. The number of rotatable bonds is 4. The van der Waals surface area contributed by atoms with Gasteiger partial charge in [-0.05, 0) is 17.8 Å². The molecule has 0 N–H and O–H groups in total. The smallest absolute Gasteiger partial charge is 0.194 e. The Labute approximate surface area is 80.4 Å². The van der Waals surface area contributed by atoms with Gasteiger partial charge in [0.05, 0.1) is 6.20 Å². The van der Waals surface area contributed by atoms with Crippen LogP contribution >= 0.6 is 0 Å². The van der Waals surface area contributed by atoms with E-state index in [1.807, 2.05) is 0 Å². The van der Waals surface area contributed by atoms with Gasteiger partial charge < -0.3 is 4.42 Å². The highest BCUT2D eigenvalue weighted by molar-refractivity contribution is 4.84. The molecule has 0 saturated heterocycles. The van der Waals surface area contributed by atoms with Gasteiger partial charge in [0.15, 0.2) is 5.89 Å². The maximum absolute atomic E-state index is 5.25. The first-order valence-electron chi connectivity index (χ1n) is 4.99. The summed E-state index contributed by atoms with van der Waals surface area (Å²) in [5, 5.41) is 0. The Morgan fingerprint density at radius 1 is 1.23 bits per heavy atom. The van der Waals surface area contributed by atoms with Crippen molar-refractivity contribution in [1.82, 2.24) is 4.98 Å². The molecule has 1 rings (SSSR count). The number of oxazole rings is 1. The molecule has 0 spiro atoms. The molecule has 2 heteroatoms. The summed E-state index contributed by atoms with van der Waals surface area (Å²) < 4.78 is 5.25. The van der Waals surface area contributed by atoms with Crippen molar-refractivity contribution in [1.29, 1.82) is 0 Å². The largest absolute Gasteiger partial charge is 0.449 e. The molecule has 13 heavy (non-hydrogen) atoms. The van der Waals surface area contributed by atoms with Gasteiger partial charge in [-0.25, -0.2) is 4.98 Å². The van der Waals surface area contributed by atoms with Crippen LogP contribution in [-0.2, 0) is 6.42 Å². The summed E-state index contributed by atoms with van der Waals surface area (Å²) in [6.45, 7) is 9.03. The lowest BCUT2D eigenvalue weighted by atomic mass is 9.83. The van der Waals surface area contributed by atoms with E-state index in [0.29, 0.717) is 17.8 Å². The Kier molecular flexibility index (Phi) is 3.52. The Hall–Kier alpha value is -0.790. The lowest BCUT2D eigenvalue weighted by Crippen LogP contribution is -2.18. The molecule has 0 aliphatic carbocycles. The fourth-order valence-electron chi connectivity index (χ4n) is 1.80. The molecule has 2 nitrogen and oxygen atoms in total. The zero-order valence-electron chi connectivity index (χ0n) is 8.95. The minimum absolute atomic E-state index is 0.665. The van der Waals surface area contributed by atoms with E-state index in [1.165, 1.54) is 0 Å². The van der Waals surface area contributed by atoms with E-state index >= 15 is 0 Å². The van der Waals surface area contributed by atoms with Crippen molar-refractivity contribution in [2.24, 2.45) is 17.8 Å². The summed E-state index contributed by atoms with van der Waals surface area (Å²) in [6, 6.07) is 0. The topological polar surface area (TPSA) is 26.0 Å². The van der Waals surface area contributed by atoms with Crippen LogP contribution in [-0.4, -0.2) is 4.98 Å². The molecular weight excluding hydrogens is 162 g/mol. The molecule has 0 saturated carbocycles. The summed E-state index contributed by atoms with van der Waals surface area (Å²) in [5.41, 5.74) is 0. The molecule has 0 aliphatic rings. The highest BCUT2D eigenvalue weighted by Gasteiger charge is 2.19. The van der Waals surface area contributed by atoms with Gasteiger partial charge >= 0.3 is 0 Å². The number of nitrogens with zero attached hydrogens (tertiary/aromatic N) is 1. The normalized spacial score (nSPS) is 11.9. The zero-order chi connectivity index (χ0) is 9.84. The number of aromatic nitrogens is 1. The predicted octanol–water partition coefficient (Wildman–Crippen LogP) is 3.15. The van der Waals surface area contributed by atoms with Crippen LogP contribution in [0.1, 0.15) is 33.6 Å². The van der Waals surface area contributed by atoms with Crippen LogP contribution < -0.4 is 0 Å². The quantitative estimate of drug-likeness (QED) is 0.713. The molecule has 0 unspecified atom stereocenters. The predicted molar refractivity (Wildman–Crippen MR) is 53.4 cm³/mol. The molecule has 1 aromatic heterocycles. The molecular formula is C11H19NO. The fourth-order valence-corrected chi connectivity index (χ4v) is 1.80. The second-order valence-corrected chi connectivity index (χ2v) is 4.28. The molecule has 0 fully saturated rings. The van der Waals surface area contributed by atoms with Gasteiger partial charge in [0.1, 0.15) is 6.26 Å². The van der Waals surface area contributed by atoms with Crippen molar-refractivity contribution in [3.05, 3.63) is 18.4 Å². The van der Waals surface area contributed by atoms with E-state index in [9.17, 15) is 0 Å². The van der Waals surface area contributed by atoms with Gasteiger partial charge in [-0.15, -0.1) is 0 Å². The van der Waals surface area contributed by atoms with E-state index in [0.717, 1.165) is 12.3 Å². The molecule has 0 amide bonds. The first kappa shape index (κ1) is 10.3. The molecule has 1 aromatic rings. The first-order chi connectivity index (χ1) is 6.11. The maximum Gasteiger partial charge on any atom is 0.194 e. The van der Waals surface area contributed by atoms with E-state index in [2.05, 4.69) is 32.7 Å². The van der Waals surface area contributed by atoms with E-state index in [1.54, 1.807) is 12.5 Å². The van der Waals surface area contributed by atoms with Crippen molar-refractivity contribution in [2.45, 2.75) is 34.1 Å². The minimum atomic E-state index is 0.665. The molecule has 0 aliphatic heterocycles. The zero-order valence-corrected chi connectivity index (χ0v) is 8.95. The number of hydrogen-bond donors (Lipinski definition) is 0. The van der Waals surface area contributed by atoms with Gasteiger partial charge in [0.25, 0.3) is 0 Å². The van der Waals surface area contributed by atoms with Gasteiger partial charge in [-0.2, -0.15) is 0 Å². The summed E-state index contributed by atoms with van der Waals surface area (Å²) in [6.07, 6.45) is 4.32. The van der Waals surface area contributed by atoms with E-state index in [4.69, 9.17) is 4.42 Å². The third-order valence-corrected chi connectivity index (χ3v) is 2.61. The summed E-state index contributed by atoms with van der Waals surface area (Å²) >= 11 is 0. The van der Waals surface area contributed by atoms with Gasteiger partial charge in [0, 0.05) is 6.42 Å². The Balaban J connectivity index is 2.58. The Morgan fingerprint density at radius 3 is 2.23 bits per heavy atom. The van der Waals surface area contributed by atoms with E-state index < -0.39 is 0 Å². The maximum atomic E-state index is 5.25. The highest BCUT2D eigenvalue weighted by Crippen LogP contribution is 2.24. The monoisotopic (exact) mass is 181 g/mol. The molecule has 0 aromatic carbocycles. The third-order valence-electron chi connectivity index (χ3n) is 2.61. The molecule has 0 bridgehead atoms. The summed E-state index contributed by atoms with van der Waals surface area (Å²) in [7, 11) is 0. The van der Waals surface area contributed by atoms with Crippen LogP contribution in [0.2, 0.25) is 0 Å². The van der Waals surface area contributed by atoms with Crippen molar-refractivity contribution < 1.29 is 4.42 Å².